The maximum absolute atomic E-state index is 11.3. The predicted molar refractivity (Wildman–Crippen MR) is 57.3 cm³/mol. The predicted octanol–water partition coefficient (Wildman–Crippen LogP) is 2.18. The van der Waals surface area contributed by atoms with Crippen molar-refractivity contribution in [1.29, 1.82) is 0 Å². The van der Waals surface area contributed by atoms with E-state index in [1.54, 1.807) is 0 Å². The van der Waals surface area contributed by atoms with Crippen LogP contribution in [-0.2, 0) is 4.79 Å². The van der Waals surface area contributed by atoms with Crippen LogP contribution in [0.4, 0.5) is 11.4 Å². The molecule has 3 heteroatoms. The lowest BCUT2D eigenvalue weighted by Crippen LogP contribution is -2.24. The van der Waals surface area contributed by atoms with Crippen LogP contribution in [0, 0.1) is 13.8 Å². The zero-order valence-corrected chi connectivity index (χ0v) is 8.27. The fraction of sp³-hybridized carbons (Fsp3) is 0.182. The van der Waals surface area contributed by atoms with Crippen molar-refractivity contribution in [2.24, 2.45) is 0 Å². The van der Waals surface area contributed by atoms with Gasteiger partial charge < -0.3 is 10.6 Å². The zero-order valence-electron chi connectivity index (χ0n) is 8.27. The molecule has 0 saturated carbocycles. The van der Waals surface area contributed by atoms with E-state index in [1.165, 1.54) is 11.1 Å². The minimum atomic E-state index is -0.166. The van der Waals surface area contributed by atoms with Crippen molar-refractivity contribution in [2.45, 2.75) is 13.8 Å². The number of benzene rings is 1. The number of rotatable bonds is 0. The van der Waals surface area contributed by atoms with Crippen LogP contribution < -0.4 is 10.6 Å². The Kier molecular flexibility index (Phi) is 1.81. The van der Waals surface area contributed by atoms with Crippen LogP contribution in [0.1, 0.15) is 11.1 Å². The zero-order chi connectivity index (χ0) is 10.3. The summed E-state index contributed by atoms with van der Waals surface area (Å²) in [6.45, 7) is 7.68. The quantitative estimate of drug-likeness (QED) is 0.613. The molecule has 0 bridgehead atoms. The van der Waals surface area contributed by atoms with Gasteiger partial charge in [-0.3, -0.25) is 4.79 Å². The fourth-order valence-electron chi connectivity index (χ4n) is 1.44. The number of hydrogen-bond acceptors (Lipinski definition) is 2. The van der Waals surface area contributed by atoms with Crippen molar-refractivity contribution in [1.82, 2.24) is 0 Å². The molecule has 1 aliphatic heterocycles. The lowest BCUT2D eigenvalue weighted by molar-refractivity contribution is -0.112. The number of carbonyl (C=O) groups excluding carboxylic acids is 1. The molecule has 2 N–H and O–H groups in total. The molecule has 0 unspecified atom stereocenters. The highest BCUT2D eigenvalue weighted by Gasteiger charge is 2.17. The van der Waals surface area contributed by atoms with E-state index in [-0.39, 0.29) is 5.91 Å². The van der Waals surface area contributed by atoms with Gasteiger partial charge in [0.2, 0.25) is 0 Å². The standard InChI is InChI=1S/C11H12N2O/c1-6-4-9-10(5-7(6)2)13-11(14)8(3)12-9/h4-5,12H,3H2,1-2H3,(H,13,14). The van der Waals surface area contributed by atoms with Crippen LogP contribution in [0.15, 0.2) is 24.4 Å². The van der Waals surface area contributed by atoms with Gasteiger partial charge in [0.05, 0.1) is 17.1 Å². The van der Waals surface area contributed by atoms with Crippen LogP contribution in [0.3, 0.4) is 0 Å². The van der Waals surface area contributed by atoms with E-state index in [9.17, 15) is 4.79 Å². The lowest BCUT2D eigenvalue weighted by atomic mass is 10.1. The highest BCUT2D eigenvalue weighted by Crippen LogP contribution is 2.30. The average molecular weight is 188 g/mol. The monoisotopic (exact) mass is 188 g/mol. The topological polar surface area (TPSA) is 41.1 Å². The van der Waals surface area contributed by atoms with E-state index >= 15 is 0 Å². The average Bonchev–Trinajstić information content (AvgIpc) is 2.11. The molecule has 0 fully saturated rings. The first kappa shape index (κ1) is 8.81. The molecule has 0 spiro atoms. The van der Waals surface area contributed by atoms with Crippen molar-refractivity contribution in [3.05, 3.63) is 35.5 Å². The van der Waals surface area contributed by atoms with Gasteiger partial charge in [-0.2, -0.15) is 0 Å². The molecule has 1 aromatic carbocycles. The van der Waals surface area contributed by atoms with Crippen LogP contribution in [0.5, 0.6) is 0 Å². The van der Waals surface area contributed by atoms with E-state index in [2.05, 4.69) is 17.2 Å². The van der Waals surface area contributed by atoms with E-state index in [1.807, 2.05) is 26.0 Å². The Morgan fingerprint density at radius 1 is 1.07 bits per heavy atom. The van der Waals surface area contributed by atoms with E-state index in [4.69, 9.17) is 0 Å². The van der Waals surface area contributed by atoms with Crippen molar-refractivity contribution < 1.29 is 4.79 Å². The summed E-state index contributed by atoms with van der Waals surface area (Å²) < 4.78 is 0. The summed E-state index contributed by atoms with van der Waals surface area (Å²) in [5.74, 6) is -0.166. The molecule has 0 radical (unpaired) electrons. The van der Waals surface area contributed by atoms with Crippen LogP contribution in [0.2, 0.25) is 0 Å². The van der Waals surface area contributed by atoms with Gasteiger partial charge in [0.25, 0.3) is 5.91 Å². The van der Waals surface area contributed by atoms with Crippen LogP contribution in [-0.4, -0.2) is 5.91 Å². The molecule has 0 aliphatic carbocycles. The second-order valence-corrected chi connectivity index (χ2v) is 3.54. The maximum atomic E-state index is 11.3. The van der Waals surface area contributed by atoms with E-state index in [0.717, 1.165) is 11.4 Å². The number of nitrogens with one attached hydrogen (secondary N) is 2. The van der Waals surface area contributed by atoms with Gasteiger partial charge in [0, 0.05) is 0 Å². The Morgan fingerprint density at radius 3 is 2.14 bits per heavy atom. The molecule has 0 saturated heterocycles. The summed E-state index contributed by atoms with van der Waals surface area (Å²) in [5, 5.41) is 5.75. The Bertz CT molecular complexity index is 394. The molecule has 0 aromatic heterocycles. The summed E-state index contributed by atoms with van der Waals surface area (Å²) >= 11 is 0. The normalized spacial score (nSPS) is 14.4. The molecule has 1 aliphatic rings. The summed E-state index contributed by atoms with van der Waals surface area (Å²) in [4.78, 5) is 11.3. The molecule has 1 aromatic rings. The number of aryl methyl sites for hydroxylation is 2. The number of amides is 1. The molecular weight excluding hydrogens is 176 g/mol. The largest absolute Gasteiger partial charge is 0.350 e. The maximum Gasteiger partial charge on any atom is 0.271 e. The number of carbonyl (C=O) groups is 1. The highest BCUT2D eigenvalue weighted by atomic mass is 16.2. The first-order chi connectivity index (χ1) is 6.58. The van der Waals surface area contributed by atoms with Crippen molar-refractivity contribution >= 4 is 17.3 Å². The highest BCUT2D eigenvalue weighted by molar-refractivity contribution is 6.10. The van der Waals surface area contributed by atoms with Crippen molar-refractivity contribution in [3.8, 4) is 0 Å². The molecular formula is C11H12N2O. The molecule has 1 heterocycles. The van der Waals surface area contributed by atoms with Crippen LogP contribution >= 0.6 is 0 Å². The Morgan fingerprint density at radius 2 is 1.57 bits per heavy atom. The minimum Gasteiger partial charge on any atom is -0.350 e. The Labute approximate surface area is 82.8 Å². The van der Waals surface area contributed by atoms with E-state index < -0.39 is 0 Å². The summed E-state index contributed by atoms with van der Waals surface area (Å²) in [5.41, 5.74) is 4.49. The van der Waals surface area contributed by atoms with Gasteiger partial charge in [-0.25, -0.2) is 0 Å². The molecule has 3 nitrogen and oxygen atoms in total. The second-order valence-electron chi connectivity index (χ2n) is 3.54. The summed E-state index contributed by atoms with van der Waals surface area (Å²) in [6.07, 6.45) is 0. The smallest absolute Gasteiger partial charge is 0.271 e. The van der Waals surface area contributed by atoms with Gasteiger partial charge in [-0.1, -0.05) is 6.58 Å². The number of anilines is 2. The fourth-order valence-corrected chi connectivity index (χ4v) is 1.44. The van der Waals surface area contributed by atoms with Crippen LogP contribution in [0.25, 0.3) is 0 Å². The molecule has 1 amide bonds. The van der Waals surface area contributed by atoms with Gasteiger partial charge >= 0.3 is 0 Å². The summed E-state index contributed by atoms with van der Waals surface area (Å²) in [7, 11) is 0. The number of hydrogen-bond donors (Lipinski definition) is 2. The van der Waals surface area contributed by atoms with Gasteiger partial charge in [0.15, 0.2) is 0 Å². The van der Waals surface area contributed by atoms with E-state index in [0.29, 0.717) is 5.70 Å². The molecule has 72 valence electrons. The Hall–Kier alpha value is -1.77. The third-order valence-corrected chi connectivity index (χ3v) is 2.44. The van der Waals surface area contributed by atoms with Crippen molar-refractivity contribution in [2.75, 3.05) is 10.6 Å². The van der Waals surface area contributed by atoms with Crippen molar-refractivity contribution in [3.63, 3.8) is 0 Å². The third kappa shape index (κ3) is 1.27. The van der Waals surface area contributed by atoms with Gasteiger partial charge in [-0.15, -0.1) is 0 Å². The van der Waals surface area contributed by atoms with Gasteiger partial charge in [-0.05, 0) is 37.1 Å². The first-order valence-electron chi connectivity index (χ1n) is 4.46. The van der Waals surface area contributed by atoms with Gasteiger partial charge in [0.1, 0.15) is 0 Å². The Balaban J connectivity index is 2.53. The second kappa shape index (κ2) is 2.87. The first-order valence-corrected chi connectivity index (χ1v) is 4.46. The third-order valence-electron chi connectivity index (χ3n) is 2.44. The molecule has 2 rings (SSSR count). The summed E-state index contributed by atoms with van der Waals surface area (Å²) in [6, 6.07) is 3.97. The number of fused-ring (bicyclic) bond motifs is 1. The SMILES string of the molecule is C=C1Nc2cc(C)c(C)cc2NC1=O. The minimum absolute atomic E-state index is 0.166. The molecule has 14 heavy (non-hydrogen) atoms. The lowest BCUT2D eigenvalue weighted by Gasteiger charge is -2.21. The molecule has 0 atom stereocenters.